The molecule has 0 spiro atoms. The molecule has 0 atom stereocenters. The first-order chi connectivity index (χ1) is 9.13. The molecule has 0 aliphatic rings. The zero-order valence-corrected chi connectivity index (χ0v) is 11.3. The van der Waals surface area contributed by atoms with Gasteiger partial charge in [0, 0.05) is 20.0 Å². The summed E-state index contributed by atoms with van der Waals surface area (Å²) in [5.74, 6) is 0.532. The van der Waals surface area contributed by atoms with Gasteiger partial charge < -0.3 is 5.32 Å². The van der Waals surface area contributed by atoms with Crippen LogP contribution in [0.3, 0.4) is 0 Å². The number of benzene rings is 1. The SMILES string of the molecule is CC(=O)NCCn1c(CCl)nc2ccccc2c1=O. The van der Waals surface area contributed by atoms with Crippen molar-refractivity contribution in [3.63, 3.8) is 0 Å². The summed E-state index contributed by atoms with van der Waals surface area (Å²) in [6.07, 6.45) is 0. The molecule has 0 radical (unpaired) electrons. The van der Waals surface area contributed by atoms with Gasteiger partial charge in [-0.25, -0.2) is 4.98 Å². The molecule has 19 heavy (non-hydrogen) atoms. The van der Waals surface area contributed by atoms with Gasteiger partial charge in [-0.1, -0.05) is 12.1 Å². The summed E-state index contributed by atoms with van der Waals surface area (Å²) in [5, 5.41) is 3.21. The second kappa shape index (κ2) is 5.84. The van der Waals surface area contributed by atoms with Gasteiger partial charge in [-0.3, -0.25) is 14.2 Å². The van der Waals surface area contributed by atoms with E-state index < -0.39 is 0 Å². The van der Waals surface area contributed by atoms with Crippen molar-refractivity contribution in [1.82, 2.24) is 14.9 Å². The van der Waals surface area contributed by atoms with Crippen LogP contribution in [-0.4, -0.2) is 22.0 Å². The fourth-order valence-electron chi connectivity index (χ4n) is 1.89. The van der Waals surface area contributed by atoms with Crippen LogP contribution in [0.25, 0.3) is 10.9 Å². The van der Waals surface area contributed by atoms with Gasteiger partial charge in [-0.2, -0.15) is 0 Å². The minimum Gasteiger partial charge on any atom is -0.355 e. The lowest BCUT2D eigenvalue weighted by Crippen LogP contribution is -2.31. The normalized spacial score (nSPS) is 10.6. The molecule has 0 saturated carbocycles. The van der Waals surface area contributed by atoms with Gasteiger partial charge in [0.15, 0.2) is 0 Å². The van der Waals surface area contributed by atoms with Crippen LogP contribution in [0.2, 0.25) is 0 Å². The van der Waals surface area contributed by atoms with E-state index in [1.165, 1.54) is 11.5 Å². The molecule has 1 amide bonds. The molecule has 0 bridgehead atoms. The predicted octanol–water partition coefficient (Wildman–Crippen LogP) is 1.27. The Morgan fingerprint density at radius 3 is 2.84 bits per heavy atom. The highest BCUT2D eigenvalue weighted by Gasteiger charge is 2.09. The molecule has 1 aromatic heterocycles. The van der Waals surface area contributed by atoms with E-state index in [2.05, 4.69) is 10.3 Å². The van der Waals surface area contributed by atoms with Gasteiger partial charge in [-0.15, -0.1) is 11.6 Å². The third-order valence-electron chi connectivity index (χ3n) is 2.77. The Morgan fingerprint density at radius 2 is 2.16 bits per heavy atom. The van der Waals surface area contributed by atoms with Crippen LogP contribution < -0.4 is 10.9 Å². The molecule has 0 aliphatic carbocycles. The molecular weight excluding hydrogens is 266 g/mol. The number of nitrogens with zero attached hydrogens (tertiary/aromatic N) is 2. The monoisotopic (exact) mass is 279 g/mol. The van der Waals surface area contributed by atoms with Crippen LogP contribution in [0.4, 0.5) is 0 Å². The van der Waals surface area contributed by atoms with Gasteiger partial charge in [0.25, 0.3) is 5.56 Å². The number of para-hydroxylation sites is 1. The van der Waals surface area contributed by atoms with E-state index in [0.717, 1.165) is 0 Å². The molecule has 0 unspecified atom stereocenters. The van der Waals surface area contributed by atoms with Crippen LogP contribution in [0.1, 0.15) is 12.7 Å². The summed E-state index contributed by atoms with van der Waals surface area (Å²) in [7, 11) is 0. The molecule has 2 rings (SSSR count). The lowest BCUT2D eigenvalue weighted by Gasteiger charge is -2.11. The van der Waals surface area contributed by atoms with Crippen molar-refractivity contribution < 1.29 is 4.79 Å². The Bertz CT molecular complexity index is 666. The van der Waals surface area contributed by atoms with Crippen molar-refractivity contribution >= 4 is 28.4 Å². The quantitative estimate of drug-likeness (QED) is 0.858. The molecule has 2 aromatic rings. The molecule has 100 valence electrons. The van der Waals surface area contributed by atoms with Crippen LogP contribution in [0.5, 0.6) is 0 Å². The van der Waals surface area contributed by atoms with Crippen molar-refractivity contribution in [3.05, 3.63) is 40.4 Å². The summed E-state index contributed by atoms with van der Waals surface area (Å²) in [4.78, 5) is 27.6. The highest BCUT2D eigenvalue weighted by atomic mass is 35.5. The van der Waals surface area contributed by atoms with Gasteiger partial charge in [-0.05, 0) is 12.1 Å². The second-order valence-corrected chi connectivity index (χ2v) is 4.39. The number of alkyl halides is 1. The Labute approximate surface area is 115 Å². The first kappa shape index (κ1) is 13.5. The van der Waals surface area contributed by atoms with Crippen LogP contribution in [0.15, 0.2) is 29.1 Å². The number of fused-ring (bicyclic) bond motifs is 1. The van der Waals surface area contributed by atoms with Crippen molar-refractivity contribution in [2.45, 2.75) is 19.3 Å². The number of carbonyl (C=O) groups excluding carboxylic acids is 1. The van der Waals surface area contributed by atoms with E-state index >= 15 is 0 Å². The Morgan fingerprint density at radius 1 is 1.42 bits per heavy atom. The van der Waals surface area contributed by atoms with Crippen LogP contribution >= 0.6 is 11.6 Å². The van der Waals surface area contributed by atoms with E-state index in [0.29, 0.717) is 29.8 Å². The first-order valence-electron chi connectivity index (χ1n) is 5.92. The number of aromatic nitrogens is 2. The minimum absolute atomic E-state index is 0.130. The van der Waals surface area contributed by atoms with E-state index in [1.54, 1.807) is 18.2 Å². The molecule has 1 aromatic carbocycles. The number of hydrogen-bond donors (Lipinski definition) is 1. The molecule has 5 nitrogen and oxygen atoms in total. The topological polar surface area (TPSA) is 64.0 Å². The maximum atomic E-state index is 12.3. The molecule has 0 fully saturated rings. The maximum absolute atomic E-state index is 12.3. The number of amides is 1. The van der Waals surface area contributed by atoms with E-state index in [4.69, 9.17) is 11.6 Å². The fourth-order valence-corrected chi connectivity index (χ4v) is 2.09. The van der Waals surface area contributed by atoms with Crippen molar-refractivity contribution in [1.29, 1.82) is 0 Å². The summed E-state index contributed by atoms with van der Waals surface area (Å²) in [6.45, 7) is 2.17. The molecule has 6 heteroatoms. The predicted molar refractivity (Wildman–Crippen MR) is 74.2 cm³/mol. The number of carbonyl (C=O) groups is 1. The van der Waals surface area contributed by atoms with Gasteiger partial charge >= 0.3 is 0 Å². The highest BCUT2D eigenvalue weighted by Crippen LogP contribution is 2.09. The summed E-state index contributed by atoms with van der Waals surface area (Å²) >= 11 is 5.84. The number of hydrogen-bond acceptors (Lipinski definition) is 3. The standard InChI is InChI=1S/C13H14ClN3O2/c1-9(18)15-6-7-17-12(8-14)16-11-5-3-2-4-10(11)13(17)19/h2-5H,6-8H2,1H3,(H,15,18). The van der Waals surface area contributed by atoms with Crippen molar-refractivity contribution in [3.8, 4) is 0 Å². The largest absolute Gasteiger partial charge is 0.355 e. The van der Waals surface area contributed by atoms with E-state index in [1.807, 2.05) is 6.07 Å². The Balaban J connectivity index is 2.43. The van der Waals surface area contributed by atoms with Crippen LogP contribution in [-0.2, 0) is 17.2 Å². The van der Waals surface area contributed by atoms with Gasteiger partial charge in [0.2, 0.25) is 5.91 Å². The van der Waals surface area contributed by atoms with Crippen molar-refractivity contribution in [2.75, 3.05) is 6.54 Å². The van der Waals surface area contributed by atoms with Crippen LogP contribution in [0, 0.1) is 0 Å². The summed E-state index contributed by atoms with van der Waals surface area (Å²) in [5.41, 5.74) is 0.505. The number of nitrogens with one attached hydrogen (secondary N) is 1. The van der Waals surface area contributed by atoms with E-state index in [9.17, 15) is 9.59 Å². The fraction of sp³-hybridized carbons (Fsp3) is 0.308. The highest BCUT2D eigenvalue weighted by molar-refractivity contribution is 6.16. The number of rotatable bonds is 4. The maximum Gasteiger partial charge on any atom is 0.261 e. The van der Waals surface area contributed by atoms with Gasteiger partial charge in [0.1, 0.15) is 5.82 Å². The second-order valence-electron chi connectivity index (χ2n) is 4.12. The summed E-state index contributed by atoms with van der Waals surface area (Å²) in [6, 6.07) is 7.14. The third-order valence-corrected chi connectivity index (χ3v) is 3.01. The molecule has 1 heterocycles. The molecular formula is C13H14ClN3O2. The average molecular weight is 280 g/mol. The molecule has 0 aliphatic heterocycles. The third kappa shape index (κ3) is 2.93. The number of halogens is 1. The Kier molecular flexibility index (Phi) is 4.16. The first-order valence-corrected chi connectivity index (χ1v) is 6.46. The average Bonchev–Trinajstić information content (AvgIpc) is 2.40. The lowest BCUT2D eigenvalue weighted by molar-refractivity contribution is -0.118. The zero-order chi connectivity index (χ0) is 13.8. The Hall–Kier alpha value is -1.88. The molecule has 0 saturated heterocycles. The van der Waals surface area contributed by atoms with Crippen molar-refractivity contribution in [2.24, 2.45) is 0 Å². The summed E-state index contributed by atoms with van der Waals surface area (Å²) < 4.78 is 1.51. The smallest absolute Gasteiger partial charge is 0.261 e. The van der Waals surface area contributed by atoms with Gasteiger partial charge in [0.05, 0.1) is 16.8 Å². The minimum atomic E-state index is -0.133. The molecule has 1 N–H and O–H groups in total. The lowest BCUT2D eigenvalue weighted by atomic mass is 10.2. The zero-order valence-electron chi connectivity index (χ0n) is 10.5. The van der Waals surface area contributed by atoms with E-state index in [-0.39, 0.29) is 17.3 Å².